The predicted octanol–water partition coefficient (Wildman–Crippen LogP) is 1.52. The third-order valence-electron chi connectivity index (χ3n) is 7.22. The first kappa shape index (κ1) is 26.0. The molecule has 5 aromatic rings. The summed E-state index contributed by atoms with van der Waals surface area (Å²) < 4.78 is 6.25. The van der Waals surface area contributed by atoms with Gasteiger partial charge in [0.2, 0.25) is 11.1 Å². The maximum absolute atomic E-state index is 13.3. The molecule has 13 heteroatoms. The van der Waals surface area contributed by atoms with Crippen LogP contribution in [0.15, 0.2) is 75.4 Å². The summed E-state index contributed by atoms with van der Waals surface area (Å²) in [4.78, 5) is 35.5. The maximum atomic E-state index is 13.3. The molecule has 2 aromatic carbocycles. The number of hydrogen-bond donors (Lipinski definition) is 0. The number of fused-ring (bicyclic) bond motifs is 1. The highest BCUT2D eigenvalue weighted by Crippen LogP contribution is 2.24. The molecule has 1 fully saturated rings. The molecule has 6 rings (SSSR count). The van der Waals surface area contributed by atoms with E-state index in [2.05, 4.69) is 49.6 Å². The van der Waals surface area contributed by atoms with Gasteiger partial charge in [-0.2, -0.15) is 9.67 Å². The number of nitrogens with zero attached hydrogens (tertiary/aromatic N) is 10. The zero-order valence-corrected chi connectivity index (χ0v) is 23.2. The summed E-state index contributed by atoms with van der Waals surface area (Å²) in [5, 5.41) is 12.9. The van der Waals surface area contributed by atoms with Crippen LogP contribution in [0.3, 0.4) is 0 Å². The maximum Gasteiger partial charge on any atom is 0.332 e. The molecular weight excluding hydrogens is 528 g/mol. The molecular formula is C27H30N10O2S. The van der Waals surface area contributed by atoms with Crippen LogP contribution in [0, 0.1) is 0 Å². The van der Waals surface area contributed by atoms with E-state index in [1.807, 2.05) is 41.0 Å². The molecule has 0 unspecified atom stereocenters. The van der Waals surface area contributed by atoms with Gasteiger partial charge in [0.1, 0.15) is 0 Å². The second-order valence-corrected chi connectivity index (χ2v) is 10.8. The van der Waals surface area contributed by atoms with Crippen molar-refractivity contribution in [3.8, 4) is 5.69 Å². The minimum Gasteiger partial charge on any atom is -0.340 e. The molecule has 0 atom stereocenters. The highest BCUT2D eigenvalue weighted by molar-refractivity contribution is 7.99. The Morgan fingerprint density at radius 1 is 0.875 bits per heavy atom. The monoisotopic (exact) mass is 558 g/mol. The number of benzene rings is 2. The first-order valence-electron chi connectivity index (χ1n) is 13.2. The van der Waals surface area contributed by atoms with Crippen LogP contribution in [0.5, 0.6) is 0 Å². The molecule has 0 bridgehead atoms. The lowest BCUT2D eigenvalue weighted by Crippen LogP contribution is -2.47. The van der Waals surface area contributed by atoms with Crippen LogP contribution in [0.4, 0.5) is 5.95 Å². The van der Waals surface area contributed by atoms with Crippen molar-refractivity contribution in [2.24, 2.45) is 14.1 Å². The Morgan fingerprint density at radius 2 is 1.57 bits per heavy atom. The summed E-state index contributed by atoms with van der Waals surface area (Å²) in [5.41, 5.74) is 2.25. The van der Waals surface area contributed by atoms with E-state index < -0.39 is 5.69 Å². The topological polar surface area (TPSA) is 112 Å². The van der Waals surface area contributed by atoms with Crippen molar-refractivity contribution < 1.29 is 0 Å². The summed E-state index contributed by atoms with van der Waals surface area (Å²) in [6.45, 7) is 4.67. The SMILES string of the molecule is Cn1c(=O)c2c(nc(N3CCN(Cc4ccccc4)CC3)n2CCSc2nnnn2-c2ccccc2)n(C)c1=O. The zero-order valence-electron chi connectivity index (χ0n) is 22.4. The molecule has 4 heterocycles. The Labute approximate surface area is 234 Å². The molecule has 0 amide bonds. The highest BCUT2D eigenvalue weighted by atomic mass is 32.2. The van der Waals surface area contributed by atoms with Crippen molar-refractivity contribution >= 4 is 28.9 Å². The van der Waals surface area contributed by atoms with Gasteiger partial charge in [-0.25, -0.2) is 4.79 Å². The molecule has 1 aliphatic rings. The minimum atomic E-state index is -0.391. The molecule has 1 aliphatic heterocycles. The van der Waals surface area contributed by atoms with Gasteiger partial charge in [0.15, 0.2) is 11.2 Å². The van der Waals surface area contributed by atoms with E-state index in [0.717, 1.165) is 43.0 Å². The van der Waals surface area contributed by atoms with Crippen LogP contribution < -0.4 is 16.1 Å². The Balaban J connectivity index is 1.27. The minimum absolute atomic E-state index is 0.348. The quantitative estimate of drug-likeness (QED) is 0.262. The standard InChI is InChI=1S/C27H30N10O2S/c1-32-23-22(24(38)33(2)27(32)39)36(17-18-40-26-29-30-31-37(26)21-11-7-4-8-12-21)25(28-23)35-15-13-34(14-16-35)19-20-9-5-3-6-10-20/h3-12H,13-19H2,1-2H3. The fourth-order valence-corrected chi connectivity index (χ4v) is 5.88. The molecule has 0 saturated carbocycles. The summed E-state index contributed by atoms with van der Waals surface area (Å²) >= 11 is 1.50. The van der Waals surface area contributed by atoms with Crippen LogP contribution in [0.1, 0.15) is 5.56 Å². The number of tetrazole rings is 1. The summed E-state index contributed by atoms with van der Waals surface area (Å²) in [7, 11) is 3.16. The van der Waals surface area contributed by atoms with E-state index in [1.54, 1.807) is 11.7 Å². The average molecular weight is 559 g/mol. The van der Waals surface area contributed by atoms with Gasteiger partial charge in [-0.15, -0.1) is 5.10 Å². The fourth-order valence-electron chi connectivity index (χ4n) is 5.06. The van der Waals surface area contributed by atoms with Gasteiger partial charge in [0.25, 0.3) is 5.56 Å². The average Bonchev–Trinajstić information content (AvgIpc) is 3.62. The molecule has 206 valence electrons. The summed E-state index contributed by atoms with van der Waals surface area (Å²) in [6, 6.07) is 20.2. The van der Waals surface area contributed by atoms with E-state index in [9.17, 15) is 9.59 Å². The van der Waals surface area contributed by atoms with E-state index >= 15 is 0 Å². The molecule has 0 spiro atoms. The third-order valence-corrected chi connectivity index (χ3v) is 8.12. The largest absolute Gasteiger partial charge is 0.340 e. The lowest BCUT2D eigenvalue weighted by Gasteiger charge is -2.35. The van der Waals surface area contributed by atoms with Crippen molar-refractivity contribution in [2.45, 2.75) is 18.2 Å². The summed E-state index contributed by atoms with van der Waals surface area (Å²) in [6.07, 6.45) is 0. The van der Waals surface area contributed by atoms with Crippen molar-refractivity contribution in [1.82, 2.24) is 43.8 Å². The van der Waals surface area contributed by atoms with Gasteiger partial charge in [-0.05, 0) is 28.1 Å². The van der Waals surface area contributed by atoms with Crippen molar-refractivity contribution in [3.63, 3.8) is 0 Å². The molecule has 3 aromatic heterocycles. The Hall–Kier alpha value is -4.23. The molecule has 0 aliphatic carbocycles. The smallest absolute Gasteiger partial charge is 0.332 e. The summed E-state index contributed by atoms with van der Waals surface area (Å²) in [5.74, 6) is 1.31. The number of anilines is 1. The molecule has 12 nitrogen and oxygen atoms in total. The van der Waals surface area contributed by atoms with Crippen LogP contribution in [-0.4, -0.2) is 75.7 Å². The van der Waals surface area contributed by atoms with Crippen LogP contribution in [-0.2, 0) is 27.2 Å². The number of aromatic nitrogens is 8. The number of rotatable bonds is 8. The Morgan fingerprint density at radius 3 is 2.30 bits per heavy atom. The number of aryl methyl sites for hydroxylation is 2. The molecule has 0 N–H and O–H groups in total. The van der Waals surface area contributed by atoms with Crippen molar-refractivity contribution in [1.29, 1.82) is 0 Å². The first-order chi connectivity index (χ1) is 19.5. The van der Waals surface area contributed by atoms with Crippen LogP contribution >= 0.6 is 11.8 Å². The number of imidazole rings is 1. The van der Waals surface area contributed by atoms with Crippen molar-refractivity contribution in [3.05, 3.63) is 87.1 Å². The van der Waals surface area contributed by atoms with E-state index in [0.29, 0.717) is 34.6 Å². The number of thioether (sulfide) groups is 1. The lowest BCUT2D eigenvalue weighted by atomic mass is 10.2. The molecule has 0 radical (unpaired) electrons. The predicted molar refractivity (Wildman–Crippen MR) is 154 cm³/mol. The van der Waals surface area contributed by atoms with Crippen LogP contribution in [0.25, 0.3) is 16.9 Å². The van der Waals surface area contributed by atoms with Gasteiger partial charge in [-0.1, -0.05) is 60.3 Å². The van der Waals surface area contributed by atoms with Gasteiger partial charge in [0, 0.05) is 59.1 Å². The van der Waals surface area contributed by atoms with E-state index in [1.165, 1.54) is 28.9 Å². The number of hydrogen-bond acceptors (Lipinski definition) is 9. The Bertz CT molecular complexity index is 1730. The van der Waals surface area contributed by atoms with E-state index in [-0.39, 0.29) is 5.56 Å². The van der Waals surface area contributed by atoms with Gasteiger partial charge in [-0.3, -0.25) is 18.8 Å². The van der Waals surface area contributed by atoms with Crippen molar-refractivity contribution in [2.75, 3.05) is 36.8 Å². The van der Waals surface area contributed by atoms with Gasteiger partial charge >= 0.3 is 5.69 Å². The second kappa shape index (κ2) is 11.1. The number of piperazine rings is 1. The highest BCUT2D eigenvalue weighted by Gasteiger charge is 2.26. The second-order valence-electron chi connectivity index (χ2n) is 9.75. The lowest BCUT2D eigenvalue weighted by molar-refractivity contribution is 0.248. The third kappa shape index (κ3) is 4.93. The number of para-hydroxylation sites is 1. The van der Waals surface area contributed by atoms with E-state index in [4.69, 9.17) is 4.98 Å². The molecule has 1 saturated heterocycles. The normalized spacial score (nSPS) is 14.3. The van der Waals surface area contributed by atoms with Crippen LogP contribution in [0.2, 0.25) is 0 Å². The Kier molecular flexibility index (Phi) is 7.22. The zero-order chi connectivity index (χ0) is 27.6. The molecule has 40 heavy (non-hydrogen) atoms. The fraction of sp³-hybridized carbons (Fsp3) is 0.333. The van der Waals surface area contributed by atoms with Gasteiger partial charge < -0.3 is 9.47 Å². The first-order valence-corrected chi connectivity index (χ1v) is 14.1. The van der Waals surface area contributed by atoms with Gasteiger partial charge in [0.05, 0.1) is 5.69 Å².